The zero-order valence-corrected chi connectivity index (χ0v) is 19.3. The smallest absolute Gasteiger partial charge is 0.310 e. The van der Waals surface area contributed by atoms with Gasteiger partial charge in [0.1, 0.15) is 23.2 Å². The second-order valence-electron chi connectivity index (χ2n) is 8.46. The van der Waals surface area contributed by atoms with E-state index in [9.17, 15) is 9.90 Å². The number of benzene rings is 1. The van der Waals surface area contributed by atoms with Crippen molar-refractivity contribution in [2.75, 3.05) is 18.0 Å². The summed E-state index contributed by atoms with van der Waals surface area (Å²) in [6.07, 6.45) is 3.88. The number of carboxylic acid groups (broad SMARTS) is 1. The van der Waals surface area contributed by atoms with Gasteiger partial charge in [0, 0.05) is 36.3 Å². The number of piperidine rings is 1. The van der Waals surface area contributed by atoms with Crippen molar-refractivity contribution in [1.82, 2.24) is 10.1 Å². The first-order chi connectivity index (χ1) is 16.0. The number of aromatic nitrogens is 2. The number of hydrogen-bond acceptors (Lipinski definition) is 6. The summed E-state index contributed by atoms with van der Waals surface area (Å²) in [5.74, 6) is 0.277. The molecule has 0 bridgehead atoms. The molecule has 1 saturated carbocycles. The highest BCUT2D eigenvalue weighted by molar-refractivity contribution is 6.39. The predicted octanol–water partition coefficient (Wildman–Crippen LogP) is 5.42. The van der Waals surface area contributed by atoms with Crippen molar-refractivity contribution in [2.24, 2.45) is 5.92 Å². The van der Waals surface area contributed by atoms with Crippen molar-refractivity contribution in [3.63, 3.8) is 0 Å². The second-order valence-corrected chi connectivity index (χ2v) is 9.28. The molecule has 2 aliphatic rings. The first-order valence-corrected chi connectivity index (χ1v) is 11.7. The largest absolute Gasteiger partial charge is 0.481 e. The summed E-state index contributed by atoms with van der Waals surface area (Å²) in [4.78, 5) is 18.4. The zero-order valence-electron chi connectivity index (χ0n) is 17.8. The minimum atomic E-state index is -0.886. The van der Waals surface area contributed by atoms with E-state index in [2.05, 4.69) is 10.1 Å². The Hall–Kier alpha value is -2.61. The molecule has 2 aromatic heterocycles. The molecule has 2 fully saturated rings. The molecule has 2 unspecified atom stereocenters. The third kappa shape index (κ3) is 4.58. The summed E-state index contributed by atoms with van der Waals surface area (Å²) in [6.45, 7) is 1.18. The van der Waals surface area contributed by atoms with Crippen LogP contribution in [-0.4, -0.2) is 40.4 Å². The van der Waals surface area contributed by atoms with Crippen LogP contribution in [0.15, 0.2) is 47.1 Å². The lowest BCUT2D eigenvalue weighted by Crippen LogP contribution is -2.48. The van der Waals surface area contributed by atoms with Crippen LogP contribution in [0.3, 0.4) is 0 Å². The molecular formula is C24H23Cl2N3O4. The lowest BCUT2D eigenvalue weighted by molar-refractivity contribution is -0.148. The van der Waals surface area contributed by atoms with E-state index in [1.807, 2.05) is 23.1 Å². The fourth-order valence-corrected chi connectivity index (χ4v) is 4.93. The molecule has 0 radical (unpaired) electrons. The number of nitrogens with zero attached hydrogens (tertiary/aromatic N) is 3. The van der Waals surface area contributed by atoms with Crippen molar-refractivity contribution in [3.8, 4) is 11.3 Å². The lowest BCUT2D eigenvalue weighted by atomic mass is 9.94. The van der Waals surface area contributed by atoms with Crippen molar-refractivity contribution >= 4 is 35.0 Å². The Morgan fingerprint density at radius 3 is 2.61 bits per heavy atom. The highest BCUT2D eigenvalue weighted by Gasteiger charge is 2.38. The average Bonchev–Trinajstić information content (AvgIpc) is 3.58. The van der Waals surface area contributed by atoms with Crippen molar-refractivity contribution < 1.29 is 19.2 Å². The molecule has 0 amide bonds. The third-order valence-corrected chi connectivity index (χ3v) is 6.88. The fourth-order valence-electron chi connectivity index (χ4n) is 4.35. The Morgan fingerprint density at radius 2 is 1.94 bits per heavy atom. The number of halogens is 2. The first-order valence-electron chi connectivity index (χ1n) is 11.0. The highest BCUT2D eigenvalue weighted by Crippen LogP contribution is 2.46. The van der Waals surface area contributed by atoms with Gasteiger partial charge in [0.15, 0.2) is 0 Å². The molecule has 2 atom stereocenters. The molecule has 1 aliphatic heterocycles. The molecule has 172 valence electrons. The molecule has 33 heavy (non-hydrogen) atoms. The van der Waals surface area contributed by atoms with E-state index in [4.69, 9.17) is 32.5 Å². The van der Waals surface area contributed by atoms with E-state index < -0.39 is 18.0 Å². The Bertz CT molecular complexity index is 1130. The third-order valence-electron chi connectivity index (χ3n) is 6.25. The standard InChI is InChI=1S/C24H23Cl2N3O4/c25-17-4-3-5-18(26)21(17)22-16(23(33-28-22)14-7-8-14)13-32-19-9-11-29(12-15(19)24(30)31)20-6-1-2-10-27-20/h1-6,10,14-15,19H,7-9,11-13H2,(H,30,31). The van der Waals surface area contributed by atoms with Gasteiger partial charge >= 0.3 is 5.97 Å². The van der Waals surface area contributed by atoms with E-state index in [-0.39, 0.29) is 6.61 Å². The number of ether oxygens (including phenoxy) is 1. The van der Waals surface area contributed by atoms with Crippen molar-refractivity contribution in [2.45, 2.75) is 37.9 Å². The Morgan fingerprint density at radius 1 is 1.15 bits per heavy atom. The molecule has 1 saturated heterocycles. The molecule has 9 heteroatoms. The SMILES string of the molecule is O=C(O)C1CN(c2ccccn2)CCC1OCc1c(-c2c(Cl)cccc2Cl)noc1C1CC1. The van der Waals surface area contributed by atoms with Gasteiger partial charge in [0.25, 0.3) is 0 Å². The van der Waals surface area contributed by atoms with Crippen LogP contribution in [0.25, 0.3) is 11.3 Å². The molecule has 1 aliphatic carbocycles. The normalized spacial score (nSPS) is 20.7. The van der Waals surface area contributed by atoms with Crippen LogP contribution < -0.4 is 4.90 Å². The van der Waals surface area contributed by atoms with Crippen LogP contribution in [0.1, 0.15) is 36.5 Å². The van der Waals surface area contributed by atoms with Gasteiger partial charge in [0.05, 0.1) is 22.8 Å². The maximum Gasteiger partial charge on any atom is 0.310 e. The van der Waals surface area contributed by atoms with E-state index >= 15 is 0 Å². The van der Waals surface area contributed by atoms with Crippen LogP contribution in [0.4, 0.5) is 5.82 Å². The molecule has 5 rings (SSSR count). The molecule has 1 aromatic carbocycles. The fraction of sp³-hybridized carbons (Fsp3) is 0.375. The Kier molecular flexibility index (Phi) is 6.27. The number of aliphatic carboxylic acids is 1. The maximum atomic E-state index is 12.1. The van der Waals surface area contributed by atoms with Gasteiger partial charge < -0.3 is 19.3 Å². The molecule has 3 heterocycles. The lowest BCUT2D eigenvalue weighted by Gasteiger charge is -2.37. The summed E-state index contributed by atoms with van der Waals surface area (Å²) in [7, 11) is 0. The van der Waals surface area contributed by atoms with Crippen LogP contribution >= 0.6 is 23.2 Å². The van der Waals surface area contributed by atoms with Gasteiger partial charge in [-0.1, -0.05) is 40.5 Å². The van der Waals surface area contributed by atoms with Gasteiger partial charge in [-0.05, 0) is 43.5 Å². The number of rotatable bonds is 7. The Labute approximate surface area is 201 Å². The van der Waals surface area contributed by atoms with Gasteiger partial charge in [0.2, 0.25) is 0 Å². The first kappa shape index (κ1) is 22.2. The molecule has 1 N–H and O–H groups in total. The maximum absolute atomic E-state index is 12.1. The molecule has 7 nitrogen and oxygen atoms in total. The van der Waals surface area contributed by atoms with E-state index in [1.165, 1.54) is 0 Å². The average molecular weight is 488 g/mol. The van der Waals surface area contributed by atoms with Gasteiger partial charge in [-0.25, -0.2) is 4.98 Å². The van der Waals surface area contributed by atoms with E-state index in [1.54, 1.807) is 24.4 Å². The number of carboxylic acids is 1. The van der Waals surface area contributed by atoms with Gasteiger partial charge in [-0.3, -0.25) is 4.79 Å². The summed E-state index contributed by atoms with van der Waals surface area (Å²) in [6, 6.07) is 10.9. The van der Waals surface area contributed by atoms with Gasteiger partial charge in [-0.2, -0.15) is 0 Å². The minimum absolute atomic E-state index is 0.185. The summed E-state index contributed by atoms with van der Waals surface area (Å²) in [5, 5.41) is 15.1. The Balaban J connectivity index is 1.38. The van der Waals surface area contributed by atoms with Crippen LogP contribution in [0, 0.1) is 5.92 Å². The molecular weight excluding hydrogens is 465 g/mol. The monoisotopic (exact) mass is 487 g/mol. The second kappa shape index (κ2) is 9.33. The van der Waals surface area contributed by atoms with Crippen molar-refractivity contribution in [1.29, 1.82) is 0 Å². The number of hydrogen-bond donors (Lipinski definition) is 1. The predicted molar refractivity (Wildman–Crippen MR) is 125 cm³/mol. The van der Waals surface area contributed by atoms with Crippen molar-refractivity contribution in [3.05, 3.63) is 64.0 Å². The van der Waals surface area contributed by atoms with Crippen LogP contribution in [0.2, 0.25) is 10.0 Å². The van der Waals surface area contributed by atoms with Gasteiger partial charge in [-0.15, -0.1) is 0 Å². The quantitative estimate of drug-likeness (QED) is 0.475. The summed E-state index contributed by atoms with van der Waals surface area (Å²) >= 11 is 12.9. The van der Waals surface area contributed by atoms with Crippen LogP contribution in [0.5, 0.6) is 0 Å². The van der Waals surface area contributed by atoms with Crippen LogP contribution in [-0.2, 0) is 16.1 Å². The number of anilines is 1. The summed E-state index contributed by atoms with van der Waals surface area (Å²) in [5.41, 5.74) is 1.96. The molecule has 0 spiro atoms. The molecule has 3 aromatic rings. The number of pyridine rings is 1. The van der Waals surface area contributed by atoms with E-state index in [0.29, 0.717) is 46.7 Å². The topological polar surface area (TPSA) is 88.7 Å². The zero-order chi connectivity index (χ0) is 22.9. The number of carbonyl (C=O) groups is 1. The van der Waals surface area contributed by atoms with E-state index in [0.717, 1.165) is 30.0 Å². The highest BCUT2D eigenvalue weighted by atomic mass is 35.5. The summed E-state index contributed by atoms with van der Waals surface area (Å²) < 4.78 is 11.9. The minimum Gasteiger partial charge on any atom is -0.481 e.